The van der Waals surface area contributed by atoms with Crippen molar-refractivity contribution >= 4 is 12.4 Å². The fourth-order valence-corrected chi connectivity index (χ4v) is 3.80. The van der Waals surface area contributed by atoms with Gasteiger partial charge >= 0.3 is 6.09 Å². The predicted octanol–water partition coefficient (Wildman–Crippen LogP) is 3.74. The molecule has 1 saturated heterocycles. The molecular formula is C22H27N3O5. The van der Waals surface area contributed by atoms with Crippen molar-refractivity contribution < 1.29 is 23.8 Å². The number of likely N-dealkylation sites (tertiary alicyclic amines) is 1. The summed E-state index contributed by atoms with van der Waals surface area (Å²) in [5.41, 5.74) is 1.71. The average Bonchev–Trinajstić information content (AvgIpc) is 3.34. The number of amides is 1. The van der Waals surface area contributed by atoms with E-state index in [-0.39, 0.29) is 12.9 Å². The monoisotopic (exact) mass is 413 g/mol. The Hall–Kier alpha value is -3.03. The molecule has 0 unspecified atom stereocenters. The van der Waals surface area contributed by atoms with Crippen LogP contribution < -0.4 is 9.47 Å². The van der Waals surface area contributed by atoms with E-state index in [1.54, 1.807) is 17.2 Å². The van der Waals surface area contributed by atoms with Crippen LogP contribution in [0, 0.1) is 5.92 Å². The molecule has 2 aromatic rings. The van der Waals surface area contributed by atoms with Gasteiger partial charge in [-0.3, -0.25) is 9.48 Å². The van der Waals surface area contributed by atoms with Crippen LogP contribution in [0.4, 0.5) is 4.79 Å². The van der Waals surface area contributed by atoms with E-state index >= 15 is 0 Å². The SMILES string of the molecule is CC(C)(C)OC(=O)N1CCC(Cn2cc(-c3cc4c(cc3C=O)OCO4)cn2)CC1. The van der Waals surface area contributed by atoms with Gasteiger partial charge in [-0.05, 0) is 57.2 Å². The molecule has 1 amide bonds. The Balaban J connectivity index is 1.38. The zero-order chi connectivity index (χ0) is 21.3. The molecule has 30 heavy (non-hydrogen) atoms. The van der Waals surface area contributed by atoms with E-state index in [1.807, 2.05) is 37.7 Å². The first kappa shape index (κ1) is 20.3. The average molecular weight is 413 g/mol. The number of ether oxygens (including phenoxy) is 3. The number of hydrogen-bond acceptors (Lipinski definition) is 6. The molecule has 1 fully saturated rings. The third-order valence-electron chi connectivity index (χ3n) is 5.33. The molecule has 4 rings (SSSR count). The summed E-state index contributed by atoms with van der Waals surface area (Å²) in [6, 6.07) is 3.53. The van der Waals surface area contributed by atoms with E-state index in [0.29, 0.717) is 36.1 Å². The minimum atomic E-state index is -0.478. The van der Waals surface area contributed by atoms with Crippen LogP contribution in [0.3, 0.4) is 0 Å². The van der Waals surface area contributed by atoms with E-state index < -0.39 is 5.60 Å². The zero-order valence-corrected chi connectivity index (χ0v) is 17.6. The summed E-state index contributed by atoms with van der Waals surface area (Å²) in [7, 11) is 0. The number of hydrogen-bond donors (Lipinski definition) is 0. The van der Waals surface area contributed by atoms with Crippen molar-refractivity contribution in [3.63, 3.8) is 0 Å². The van der Waals surface area contributed by atoms with Crippen molar-refractivity contribution in [2.45, 2.75) is 45.8 Å². The summed E-state index contributed by atoms with van der Waals surface area (Å²) < 4.78 is 18.2. The molecule has 0 spiro atoms. The lowest BCUT2D eigenvalue weighted by molar-refractivity contribution is 0.0177. The van der Waals surface area contributed by atoms with Gasteiger partial charge in [0.2, 0.25) is 6.79 Å². The number of fused-ring (bicyclic) bond motifs is 1. The lowest BCUT2D eigenvalue weighted by Gasteiger charge is -2.33. The van der Waals surface area contributed by atoms with Gasteiger partial charge in [-0.1, -0.05) is 0 Å². The molecule has 0 bridgehead atoms. The lowest BCUT2D eigenvalue weighted by Crippen LogP contribution is -2.42. The number of benzene rings is 1. The van der Waals surface area contributed by atoms with Gasteiger partial charge in [0.1, 0.15) is 5.60 Å². The molecule has 160 valence electrons. The molecule has 1 aromatic heterocycles. The molecule has 0 atom stereocenters. The van der Waals surface area contributed by atoms with Gasteiger partial charge in [-0.2, -0.15) is 5.10 Å². The van der Waals surface area contributed by atoms with E-state index in [1.165, 1.54) is 0 Å². The van der Waals surface area contributed by atoms with Crippen LogP contribution in [0.15, 0.2) is 24.5 Å². The van der Waals surface area contributed by atoms with Crippen molar-refractivity contribution in [3.8, 4) is 22.6 Å². The largest absolute Gasteiger partial charge is 0.454 e. The number of nitrogens with zero attached hydrogens (tertiary/aromatic N) is 3. The van der Waals surface area contributed by atoms with Gasteiger partial charge in [0.05, 0.1) is 6.20 Å². The van der Waals surface area contributed by atoms with Crippen LogP contribution in [0.25, 0.3) is 11.1 Å². The number of rotatable bonds is 4. The normalized spacial score (nSPS) is 16.6. The molecule has 0 saturated carbocycles. The van der Waals surface area contributed by atoms with Crippen molar-refractivity contribution in [1.82, 2.24) is 14.7 Å². The van der Waals surface area contributed by atoms with Crippen molar-refractivity contribution in [1.29, 1.82) is 0 Å². The third-order valence-corrected chi connectivity index (χ3v) is 5.33. The zero-order valence-electron chi connectivity index (χ0n) is 17.6. The second-order valence-corrected chi connectivity index (χ2v) is 8.77. The van der Waals surface area contributed by atoms with E-state index in [2.05, 4.69) is 5.10 Å². The first-order chi connectivity index (χ1) is 14.3. The number of carbonyl (C=O) groups excluding carboxylic acids is 2. The second kappa shape index (κ2) is 8.01. The van der Waals surface area contributed by atoms with Gasteiger partial charge in [-0.15, -0.1) is 0 Å². The van der Waals surface area contributed by atoms with Crippen LogP contribution >= 0.6 is 0 Å². The Kier molecular flexibility index (Phi) is 5.40. The molecule has 8 nitrogen and oxygen atoms in total. The van der Waals surface area contributed by atoms with Crippen LogP contribution in [-0.2, 0) is 11.3 Å². The highest BCUT2D eigenvalue weighted by molar-refractivity contribution is 5.89. The minimum absolute atomic E-state index is 0.165. The fourth-order valence-electron chi connectivity index (χ4n) is 3.80. The van der Waals surface area contributed by atoms with Crippen LogP contribution in [0.1, 0.15) is 44.0 Å². The second-order valence-electron chi connectivity index (χ2n) is 8.77. The number of carbonyl (C=O) groups is 2. The highest BCUT2D eigenvalue weighted by atomic mass is 16.7. The molecule has 8 heteroatoms. The lowest BCUT2D eigenvalue weighted by atomic mass is 9.97. The third kappa shape index (κ3) is 4.42. The van der Waals surface area contributed by atoms with Gasteiger partial charge in [0, 0.05) is 37.0 Å². The molecular weight excluding hydrogens is 386 g/mol. The smallest absolute Gasteiger partial charge is 0.410 e. The summed E-state index contributed by atoms with van der Waals surface area (Å²) in [6.45, 7) is 7.94. The van der Waals surface area contributed by atoms with Crippen molar-refractivity contribution in [2.24, 2.45) is 5.92 Å². The number of aldehydes is 1. The summed E-state index contributed by atoms with van der Waals surface area (Å²) in [5, 5.41) is 4.48. The molecule has 2 aliphatic rings. The maximum atomic E-state index is 12.2. The minimum Gasteiger partial charge on any atom is -0.454 e. The maximum absolute atomic E-state index is 12.2. The Bertz CT molecular complexity index is 939. The van der Waals surface area contributed by atoms with Crippen molar-refractivity contribution in [2.75, 3.05) is 19.9 Å². The van der Waals surface area contributed by atoms with E-state index in [0.717, 1.165) is 36.8 Å². The topological polar surface area (TPSA) is 82.9 Å². The highest BCUT2D eigenvalue weighted by Crippen LogP contribution is 2.38. The highest BCUT2D eigenvalue weighted by Gasteiger charge is 2.27. The Morgan fingerprint density at radius 1 is 1.23 bits per heavy atom. The van der Waals surface area contributed by atoms with Crippen LogP contribution in [0.2, 0.25) is 0 Å². The summed E-state index contributed by atoms with van der Waals surface area (Å²) >= 11 is 0. The van der Waals surface area contributed by atoms with Crippen LogP contribution in [-0.4, -0.2) is 52.5 Å². The predicted molar refractivity (Wildman–Crippen MR) is 110 cm³/mol. The number of aromatic nitrogens is 2. The fraction of sp³-hybridized carbons (Fsp3) is 0.500. The van der Waals surface area contributed by atoms with Crippen molar-refractivity contribution in [3.05, 3.63) is 30.1 Å². The Labute approximate surface area is 175 Å². The van der Waals surface area contributed by atoms with Gasteiger partial charge < -0.3 is 19.1 Å². The van der Waals surface area contributed by atoms with E-state index in [4.69, 9.17) is 14.2 Å². The Morgan fingerprint density at radius 2 is 1.93 bits per heavy atom. The standard InChI is InChI=1S/C22H27N3O5/c1-22(2,3)30-21(27)24-6-4-15(5-7-24)11-25-12-17(10-23-25)18-9-20-19(28-14-29-20)8-16(18)13-26/h8-10,12-13,15H,4-7,11,14H2,1-3H3. The van der Waals surface area contributed by atoms with Gasteiger partial charge in [0.15, 0.2) is 17.8 Å². The molecule has 2 aliphatic heterocycles. The van der Waals surface area contributed by atoms with E-state index in [9.17, 15) is 9.59 Å². The Morgan fingerprint density at radius 3 is 2.60 bits per heavy atom. The molecule has 1 aromatic carbocycles. The maximum Gasteiger partial charge on any atom is 0.410 e. The summed E-state index contributed by atoms with van der Waals surface area (Å²) in [4.78, 5) is 25.5. The number of piperidine rings is 1. The summed E-state index contributed by atoms with van der Waals surface area (Å²) in [6.07, 6.45) is 6.09. The van der Waals surface area contributed by atoms with Gasteiger partial charge in [-0.25, -0.2) is 4.79 Å². The van der Waals surface area contributed by atoms with Gasteiger partial charge in [0.25, 0.3) is 0 Å². The quantitative estimate of drug-likeness (QED) is 0.710. The molecule has 0 radical (unpaired) electrons. The first-order valence-corrected chi connectivity index (χ1v) is 10.2. The molecule has 0 N–H and O–H groups in total. The molecule has 0 aliphatic carbocycles. The summed E-state index contributed by atoms with van der Waals surface area (Å²) in [5.74, 6) is 1.65. The first-order valence-electron chi connectivity index (χ1n) is 10.2. The molecule has 3 heterocycles. The van der Waals surface area contributed by atoms with Crippen LogP contribution in [0.5, 0.6) is 11.5 Å².